The van der Waals surface area contributed by atoms with Crippen LogP contribution < -0.4 is 0 Å². The zero-order valence-corrected chi connectivity index (χ0v) is 12.8. The molecule has 0 radical (unpaired) electrons. The molecule has 1 unspecified atom stereocenters. The second-order valence-corrected chi connectivity index (χ2v) is 5.89. The first-order valence-electron chi connectivity index (χ1n) is 8.11. The molecule has 2 aliphatic rings. The number of unbranched alkanes of at least 4 members (excludes halogenated alkanes) is 5. The Labute approximate surface area is 126 Å². The molecule has 21 heavy (non-hydrogen) atoms. The molecule has 1 atom stereocenters. The first kappa shape index (κ1) is 15.8. The molecule has 1 amide bonds. The molecule has 0 saturated carbocycles. The topological polar surface area (TPSA) is 57.6 Å². The maximum atomic E-state index is 12.1. The molecule has 0 aromatic carbocycles. The van der Waals surface area contributed by atoms with Gasteiger partial charge in [0.1, 0.15) is 11.3 Å². The minimum Gasteiger partial charge on any atom is -0.507 e. The fourth-order valence-corrected chi connectivity index (χ4v) is 3.08. The highest BCUT2D eigenvalue weighted by Gasteiger charge is 2.46. The number of allylic oxidation sites excluding steroid dienone is 2. The number of Topliss-reactive ketones (excluding diaryl/α,β-unsaturated/α-hetero) is 1. The third kappa shape index (κ3) is 3.55. The van der Waals surface area contributed by atoms with Crippen molar-refractivity contribution in [2.75, 3.05) is 6.54 Å². The quantitative estimate of drug-likeness (QED) is 0.339. The average molecular weight is 291 g/mol. The molecular formula is C17H25NO3. The summed E-state index contributed by atoms with van der Waals surface area (Å²) in [6, 6.07) is -0.322. The van der Waals surface area contributed by atoms with Crippen LogP contribution in [-0.4, -0.2) is 34.3 Å². The van der Waals surface area contributed by atoms with Gasteiger partial charge < -0.3 is 10.0 Å². The molecule has 2 saturated heterocycles. The van der Waals surface area contributed by atoms with Gasteiger partial charge in [-0.25, -0.2) is 0 Å². The molecule has 2 heterocycles. The predicted molar refractivity (Wildman–Crippen MR) is 81.9 cm³/mol. The Balaban J connectivity index is 1.88. The van der Waals surface area contributed by atoms with Crippen molar-refractivity contribution < 1.29 is 14.7 Å². The van der Waals surface area contributed by atoms with Crippen molar-refractivity contribution in [2.45, 2.75) is 64.3 Å². The van der Waals surface area contributed by atoms with E-state index in [4.69, 9.17) is 0 Å². The maximum Gasteiger partial charge on any atom is 0.261 e. The zero-order valence-electron chi connectivity index (χ0n) is 12.8. The van der Waals surface area contributed by atoms with Gasteiger partial charge in [0.05, 0.1) is 6.04 Å². The Bertz CT molecular complexity index is 441. The first-order valence-corrected chi connectivity index (χ1v) is 8.11. The number of aliphatic hydroxyl groups is 1. The van der Waals surface area contributed by atoms with Crippen LogP contribution in [0.1, 0.15) is 58.3 Å². The third-order valence-corrected chi connectivity index (χ3v) is 4.28. The van der Waals surface area contributed by atoms with E-state index >= 15 is 0 Å². The molecule has 2 aliphatic heterocycles. The number of rotatable bonds is 7. The highest BCUT2D eigenvalue weighted by molar-refractivity contribution is 6.27. The molecule has 4 nitrogen and oxygen atoms in total. The molecule has 0 bridgehead atoms. The lowest BCUT2D eigenvalue weighted by Gasteiger charge is -2.11. The number of hydrogen-bond acceptors (Lipinski definition) is 3. The van der Waals surface area contributed by atoms with Crippen LogP contribution >= 0.6 is 0 Å². The standard InChI is InChI=1S/C17H25NO3/c1-2-3-4-5-6-7-8-11-14(19)15-16(20)13-10-9-12-18(13)17(15)21/h8,11,13,19H,2-7,9-10,12H2,1H3. The number of hydrogen-bond donors (Lipinski definition) is 1. The van der Waals surface area contributed by atoms with Gasteiger partial charge >= 0.3 is 0 Å². The minimum atomic E-state index is -0.322. The van der Waals surface area contributed by atoms with Gasteiger partial charge in [0.2, 0.25) is 0 Å². The summed E-state index contributed by atoms with van der Waals surface area (Å²) in [6.07, 6.45) is 11.8. The summed E-state index contributed by atoms with van der Waals surface area (Å²) in [7, 11) is 0. The third-order valence-electron chi connectivity index (χ3n) is 4.28. The average Bonchev–Trinajstić information content (AvgIpc) is 3.03. The highest BCUT2D eigenvalue weighted by Crippen LogP contribution is 2.30. The van der Waals surface area contributed by atoms with Gasteiger partial charge in [-0.05, 0) is 31.8 Å². The second kappa shape index (κ2) is 7.43. The normalized spacial score (nSPS) is 24.2. The number of carbonyl (C=O) groups excluding carboxylic acids is 2. The van der Waals surface area contributed by atoms with Crippen LogP contribution in [0.25, 0.3) is 0 Å². The van der Waals surface area contributed by atoms with E-state index in [1.54, 1.807) is 4.90 Å². The van der Waals surface area contributed by atoms with Gasteiger partial charge in [-0.15, -0.1) is 0 Å². The van der Waals surface area contributed by atoms with Gasteiger partial charge in [-0.1, -0.05) is 38.7 Å². The molecule has 0 spiro atoms. The van der Waals surface area contributed by atoms with Crippen LogP contribution in [0, 0.1) is 0 Å². The van der Waals surface area contributed by atoms with Gasteiger partial charge in [0, 0.05) is 6.54 Å². The fraction of sp³-hybridized carbons (Fsp3) is 0.647. The zero-order chi connectivity index (χ0) is 15.2. The SMILES string of the molecule is CCCCCCCC=CC(O)=C1C(=O)C2CCCN2C1=O. The Kier molecular flexibility index (Phi) is 5.59. The van der Waals surface area contributed by atoms with E-state index in [1.807, 2.05) is 6.08 Å². The van der Waals surface area contributed by atoms with Gasteiger partial charge in [0.15, 0.2) is 5.78 Å². The maximum absolute atomic E-state index is 12.1. The summed E-state index contributed by atoms with van der Waals surface area (Å²) in [6.45, 7) is 2.82. The largest absolute Gasteiger partial charge is 0.507 e. The number of carbonyl (C=O) groups is 2. The lowest BCUT2D eigenvalue weighted by Crippen LogP contribution is -2.28. The fourth-order valence-electron chi connectivity index (χ4n) is 3.08. The van der Waals surface area contributed by atoms with Gasteiger partial charge in [-0.2, -0.15) is 0 Å². The molecule has 1 N–H and O–H groups in total. The van der Waals surface area contributed by atoms with Gasteiger partial charge in [0.25, 0.3) is 5.91 Å². The lowest BCUT2D eigenvalue weighted by molar-refractivity contribution is -0.125. The molecule has 116 valence electrons. The van der Waals surface area contributed by atoms with E-state index in [1.165, 1.54) is 31.8 Å². The van der Waals surface area contributed by atoms with Crippen molar-refractivity contribution in [3.8, 4) is 0 Å². The van der Waals surface area contributed by atoms with Crippen LogP contribution in [-0.2, 0) is 9.59 Å². The summed E-state index contributed by atoms with van der Waals surface area (Å²) in [5, 5.41) is 10.0. The Morgan fingerprint density at radius 1 is 1.29 bits per heavy atom. The Morgan fingerprint density at radius 2 is 2.05 bits per heavy atom. The molecular weight excluding hydrogens is 266 g/mol. The van der Waals surface area contributed by atoms with E-state index in [9.17, 15) is 14.7 Å². The molecule has 2 rings (SSSR count). The van der Waals surface area contributed by atoms with E-state index in [0.29, 0.717) is 6.54 Å². The molecule has 0 aromatic rings. The van der Waals surface area contributed by atoms with E-state index in [2.05, 4.69) is 6.92 Å². The van der Waals surface area contributed by atoms with Crippen LogP contribution in [0.5, 0.6) is 0 Å². The first-order chi connectivity index (χ1) is 10.2. The molecule has 4 heteroatoms. The van der Waals surface area contributed by atoms with Crippen molar-refractivity contribution in [1.82, 2.24) is 4.90 Å². The summed E-state index contributed by atoms with van der Waals surface area (Å²) >= 11 is 0. The molecule has 0 aromatic heterocycles. The van der Waals surface area contributed by atoms with Crippen molar-refractivity contribution in [3.05, 3.63) is 23.5 Å². The summed E-state index contributed by atoms with van der Waals surface area (Å²) in [5.74, 6) is -0.664. The van der Waals surface area contributed by atoms with Crippen LogP contribution in [0.3, 0.4) is 0 Å². The van der Waals surface area contributed by atoms with Crippen molar-refractivity contribution in [2.24, 2.45) is 0 Å². The number of aliphatic hydroxyl groups excluding tert-OH is 1. The predicted octanol–water partition coefficient (Wildman–Crippen LogP) is 3.29. The lowest BCUT2D eigenvalue weighted by atomic mass is 10.1. The summed E-state index contributed by atoms with van der Waals surface area (Å²) < 4.78 is 0. The highest BCUT2D eigenvalue weighted by atomic mass is 16.3. The monoisotopic (exact) mass is 291 g/mol. The van der Waals surface area contributed by atoms with Crippen LogP contribution in [0.15, 0.2) is 23.5 Å². The van der Waals surface area contributed by atoms with Crippen LogP contribution in [0.4, 0.5) is 0 Å². The minimum absolute atomic E-state index is 0.0121. The van der Waals surface area contributed by atoms with Crippen molar-refractivity contribution in [1.29, 1.82) is 0 Å². The Morgan fingerprint density at radius 3 is 2.76 bits per heavy atom. The van der Waals surface area contributed by atoms with E-state index in [0.717, 1.165) is 25.7 Å². The van der Waals surface area contributed by atoms with E-state index < -0.39 is 0 Å². The number of ketones is 1. The van der Waals surface area contributed by atoms with E-state index in [-0.39, 0.29) is 29.1 Å². The van der Waals surface area contributed by atoms with Crippen LogP contribution in [0.2, 0.25) is 0 Å². The summed E-state index contributed by atoms with van der Waals surface area (Å²) in [5.41, 5.74) is -0.0121. The Hall–Kier alpha value is -1.58. The number of fused-ring (bicyclic) bond motifs is 1. The van der Waals surface area contributed by atoms with Crippen molar-refractivity contribution in [3.63, 3.8) is 0 Å². The van der Waals surface area contributed by atoms with Crippen molar-refractivity contribution >= 4 is 11.7 Å². The molecule has 2 fully saturated rings. The number of amides is 1. The number of nitrogens with zero attached hydrogens (tertiary/aromatic N) is 1. The smallest absolute Gasteiger partial charge is 0.261 e. The second-order valence-electron chi connectivity index (χ2n) is 5.89. The molecule has 0 aliphatic carbocycles. The summed E-state index contributed by atoms with van der Waals surface area (Å²) in [4.78, 5) is 25.8. The van der Waals surface area contributed by atoms with Gasteiger partial charge in [-0.3, -0.25) is 9.59 Å².